The zero-order valence-electron chi connectivity index (χ0n) is 10.3. The van der Waals surface area contributed by atoms with Crippen LogP contribution in [0.4, 0.5) is 13.2 Å². The maximum atomic E-state index is 12.6. The Morgan fingerprint density at radius 1 is 1.22 bits per heavy atom. The number of hydrogen-bond donors (Lipinski definition) is 2. The normalized spacial score (nSPS) is 42.2. The van der Waals surface area contributed by atoms with Gasteiger partial charge in [0.25, 0.3) is 0 Å². The molecule has 1 saturated heterocycles. The highest BCUT2D eigenvalue weighted by Gasteiger charge is 2.55. The van der Waals surface area contributed by atoms with Crippen LogP contribution in [-0.2, 0) is 4.74 Å². The van der Waals surface area contributed by atoms with Crippen molar-refractivity contribution in [2.75, 3.05) is 19.8 Å². The summed E-state index contributed by atoms with van der Waals surface area (Å²) < 4.78 is 43.2. The van der Waals surface area contributed by atoms with Crippen LogP contribution in [0.15, 0.2) is 0 Å². The fraction of sp³-hybridized carbons (Fsp3) is 1.00. The van der Waals surface area contributed by atoms with Crippen molar-refractivity contribution >= 4 is 0 Å². The molecule has 0 spiro atoms. The zero-order chi connectivity index (χ0) is 13.4. The number of nitrogens with two attached hydrogens (primary N) is 1. The van der Waals surface area contributed by atoms with Crippen molar-refractivity contribution in [1.29, 1.82) is 0 Å². The Labute approximate surface area is 104 Å². The van der Waals surface area contributed by atoms with Gasteiger partial charge in [-0.2, -0.15) is 13.2 Å². The maximum Gasteiger partial charge on any atom is 0.391 e. The molecule has 1 atom stereocenters. The van der Waals surface area contributed by atoms with E-state index in [2.05, 4.69) is 0 Å². The van der Waals surface area contributed by atoms with Crippen LogP contribution in [0.1, 0.15) is 32.1 Å². The lowest BCUT2D eigenvalue weighted by Crippen LogP contribution is -2.55. The summed E-state index contributed by atoms with van der Waals surface area (Å²) in [5.41, 5.74) is 4.09. The number of ether oxygens (including phenoxy) is 1. The van der Waals surface area contributed by atoms with Gasteiger partial charge in [-0.05, 0) is 32.1 Å². The summed E-state index contributed by atoms with van der Waals surface area (Å²) in [7, 11) is 0. The Hall–Kier alpha value is -0.330. The Morgan fingerprint density at radius 2 is 1.83 bits per heavy atom. The summed E-state index contributed by atoms with van der Waals surface area (Å²) in [5.74, 6) is -1.28. The van der Waals surface area contributed by atoms with Crippen LogP contribution >= 0.6 is 0 Å². The molecule has 0 aromatic rings. The third-order valence-corrected chi connectivity index (χ3v) is 4.76. The predicted molar refractivity (Wildman–Crippen MR) is 59.9 cm³/mol. The Balaban J connectivity index is 2.07. The van der Waals surface area contributed by atoms with Gasteiger partial charge in [-0.1, -0.05) is 0 Å². The second-order valence-electron chi connectivity index (χ2n) is 5.63. The molecule has 0 amide bonds. The zero-order valence-corrected chi connectivity index (χ0v) is 10.3. The van der Waals surface area contributed by atoms with Crippen molar-refractivity contribution < 1.29 is 23.0 Å². The summed E-state index contributed by atoms with van der Waals surface area (Å²) >= 11 is 0. The molecule has 106 valence electrons. The number of aliphatic hydroxyl groups is 1. The van der Waals surface area contributed by atoms with Gasteiger partial charge in [0.15, 0.2) is 0 Å². The average molecular weight is 267 g/mol. The second-order valence-corrected chi connectivity index (χ2v) is 5.63. The van der Waals surface area contributed by atoms with Crippen molar-refractivity contribution in [1.82, 2.24) is 0 Å². The summed E-state index contributed by atoms with van der Waals surface area (Å²) in [5, 5.41) is 10.7. The Bertz CT molecular complexity index is 292. The molecular formula is C12H20F3NO2. The fourth-order valence-corrected chi connectivity index (χ4v) is 3.28. The molecule has 1 aliphatic carbocycles. The highest BCUT2D eigenvalue weighted by atomic mass is 19.4. The highest BCUT2D eigenvalue weighted by molar-refractivity contribution is 5.04. The molecule has 6 heteroatoms. The average Bonchev–Trinajstić information content (AvgIpc) is 2.78. The molecule has 2 fully saturated rings. The van der Waals surface area contributed by atoms with Crippen LogP contribution in [0.2, 0.25) is 0 Å². The van der Waals surface area contributed by atoms with Gasteiger partial charge in [0.2, 0.25) is 0 Å². The first-order valence-electron chi connectivity index (χ1n) is 6.40. The molecule has 2 rings (SSSR count). The summed E-state index contributed by atoms with van der Waals surface area (Å²) in [4.78, 5) is 0. The molecule has 1 unspecified atom stereocenters. The lowest BCUT2D eigenvalue weighted by atomic mass is 9.63. The lowest BCUT2D eigenvalue weighted by molar-refractivity contribution is -0.203. The molecule has 1 saturated carbocycles. The lowest BCUT2D eigenvalue weighted by Gasteiger charge is -2.47. The minimum absolute atomic E-state index is 0.0122. The van der Waals surface area contributed by atoms with Gasteiger partial charge < -0.3 is 15.6 Å². The smallest absolute Gasteiger partial charge is 0.389 e. The van der Waals surface area contributed by atoms with Gasteiger partial charge in [-0.3, -0.25) is 0 Å². The van der Waals surface area contributed by atoms with E-state index in [0.29, 0.717) is 19.6 Å². The van der Waals surface area contributed by atoms with Crippen LogP contribution in [-0.4, -0.2) is 36.6 Å². The van der Waals surface area contributed by atoms with E-state index in [4.69, 9.17) is 10.5 Å². The topological polar surface area (TPSA) is 55.5 Å². The molecule has 3 N–H and O–H groups in total. The summed E-state index contributed by atoms with van der Waals surface area (Å²) in [6.45, 7) is 1.15. The first-order valence-corrected chi connectivity index (χ1v) is 6.40. The monoisotopic (exact) mass is 267 g/mol. The maximum absolute atomic E-state index is 12.6. The van der Waals surface area contributed by atoms with Crippen LogP contribution in [0.25, 0.3) is 0 Å². The molecule has 2 aliphatic rings. The van der Waals surface area contributed by atoms with Gasteiger partial charge in [0, 0.05) is 18.6 Å². The van der Waals surface area contributed by atoms with E-state index < -0.39 is 23.1 Å². The molecule has 18 heavy (non-hydrogen) atoms. The number of rotatable bonds is 2. The van der Waals surface area contributed by atoms with E-state index >= 15 is 0 Å². The molecule has 1 heterocycles. The summed E-state index contributed by atoms with van der Waals surface area (Å²) in [6.07, 6.45) is -3.21. The van der Waals surface area contributed by atoms with Gasteiger partial charge in [0.05, 0.1) is 18.1 Å². The quantitative estimate of drug-likeness (QED) is 0.802. The van der Waals surface area contributed by atoms with Crippen molar-refractivity contribution in [2.45, 2.75) is 43.9 Å². The van der Waals surface area contributed by atoms with Crippen molar-refractivity contribution in [3.05, 3.63) is 0 Å². The minimum atomic E-state index is -4.15. The van der Waals surface area contributed by atoms with E-state index in [1.807, 2.05) is 0 Å². The van der Waals surface area contributed by atoms with Gasteiger partial charge in [-0.15, -0.1) is 0 Å². The predicted octanol–water partition coefficient (Wildman–Crippen LogP) is 1.84. The third-order valence-electron chi connectivity index (χ3n) is 4.76. The van der Waals surface area contributed by atoms with E-state index in [1.165, 1.54) is 0 Å². The molecule has 0 radical (unpaired) electrons. The second kappa shape index (κ2) is 4.65. The van der Waals surface area contributed by atoms with Gasteiger partial charge in [-0.25, -0.2) is 0 Å². The molecule has 0 aromatic carbocycles. The van der Waals surface area contributed by atoms with Gasteiger partial charge >= 0.3 is 6.18 Å². The number of halogens is 3. The van der Waals surface area contributed by atoms with Crippen LogP contribution in [0.5, 0.6) is 0 Å². The molecule has 0 bridgehead atoms. The highest BCUT2D eigenvalue weighted by Crippen LogP contribution is 2.50. The van der Waals surface area contributed by atoms with E-state index in [1.54, 1.807) is 0 Å². The van der Waals surface area contributed by atoms with Crippen LogP contribution in [0.3, 0.4) is 0 Å². The first-order chi connectivity index (χ1) is 8.33. The van der Waals surface area contributed by atoms with Crippen LogP contribution in [0, 0.1) is 11.3 Å². The molecule has 3 nitrogen and oxygen atoms in total. The van der Waals surface area contributed by atoms with E-state index in [0.717, 1.165) is 0 Å². The largest absolute Gasteiger partial charge is 0.391 e. The molecule has 1 aliphatic heterocycles. The number of hydrogen-bond acceptors (Lipinski definition) is 3. The third kappa shape index (κ3) is 2.26. The molecular weight excluding hydrogens is 247 g/mol. The van der Waals surface area contributed by atoms with Crippen LogP contribution < -0.4 is 5.73 Å². The molecule has 0 aromatic heterocycles. The van der Waals surface area contributed by atoms with Crippen molar-refractivity contribution in [2.24, 2.45) is 17.1 Å². The fourth-order valence-electron chi connectivity index (χ4n) is 3.28. The van der Waals surface area contributed by atoms with Crippen molar-refractivity contribution in [3.63, 3.8) is 0 Å². The first kappa shape index (κ1) is 14.1. The minimum Gasteiger partial charge on any atom is -0.389 e. The number of alkyl halides is 3. The van der Waals surface area contributed by atoms with E-state index in [9.17, 15) is 18.3 Å². The van der Waals surface area contributed by atoms with Crippen molar-refractivity contribution in [3.8, 4) is 0 Å². The summed E-state index contributed by atoms with van der Waals surface area (Å²) in [6, 6.07) is 0. The standard InChI is InChI=1S/C12H20F3NO2/c13-12(14,15)9-1-3-11(17,4-2-9)10(7-16)5-6-18-8-10/h9,17H,1-8,16H2. The Morgan fingerprint density at radius 3 is 2.22 bits per heavy atom. The van der Waals surface area contributed by atoms with Gasteiger partial charge in [0.1, 0.15) is 0 Å². The SMILES string of the molecule is NCC1(C2(O)CCC(C(F)(F)F)CC2)CCOC1. The Kier molecular flexibility index (Phi) is 3.64. The van der Waals surface area contributed by atoms with E-state index in [-0.39, 0.29) is 32.2 Å².